The van der Waals surface area contributed by atoms with Crippen molar-refractivity contribution in [2.24, 2.45) is 0 Å². The van der Waals surface area contributed by atoms with Gasteiger partial charge in [-0.15, -0.1) is 0 Å². The number of hydrogen-bond donors (Lipinski definition) is 1. The highest BCUT2D eigenvalue weighted by atomic mass is 16.5. The molecule has 0 unspecified atom stereocenters. The molecular formula is C16H28N2O3. The molecule has 21 heavy (non-hydrogen) atoms. The first-order chi connectivity index (χ1) is 9.94. The molecule has 1 aliphatic heterocycles. The monoisotopic (exact) mass is 296 g/mol. The van der Waals surface area contributed by atoms with Crippen LogP contribution in [0.3, 0.4) is 0 Å². The smallest absolute Gasteiger partial charge is 0.215 e. The molecule has 0 spiro atoms. The Balaban J connectivity index is 0.00000106. The Kier molecular flexibility index (Phi) is 6.92. The van der Waals surface area contributed by atoms with Gasteiger partial charge in [0.15, 0.2) is 0 Å². The van der Waals surface area contributed by atoms with Gasteiger partial charge in [0.2, 0.25) is 5.88 Å². The SMILES string of the molecule is CC.Cc1cc(OCC(C)(C)O)nc(N2CCOCC2)c1. The van der Waals surface area contributed by atoms with Gasteiger partial charge in [-0.3, -0.25) is 0 Å². The maximum Gasteiger partial charge on any atom is 0.215 e. The fourth-order valence-corrected chi connectivity index (χ4v) is 1.90. The highest BCUT2D eigenvalue weighted by Gasteiger charge is 2.16. The van der Waals surface area contributed by atoms with Crippen molar-refractivity contribution in [3.8, 4) is 5.88 Å². The molecule has 0 saturated carbocycles. The lowest BCUT2D eigenvalue weighted by molar-refractivity contribution is 0.0268. The molecule has 120 valence electrons. The van der Waals surface area contributed by atoms with Crippen molar-refractivity contribution in [2.45, 2.75) is 40.2 Å². The van der Waals surface area contributed by atoms with E-state index in [9.17, 15) is 5.11 Å². The van der Waals surface area contributed by atoms with Gasteiger partial charge in [-0.2, -0.15) is 4.98 Å². The van der Waals surface area contributed by atoms with E-state index in [1.807, 2.05) is 32.9 Å². The molecule has 0 aromatic carbocycles. The third-order valence-electron chi connectivity index (χ3n) is 2.84. The number of hydrogen-bond acceptors (Lipinski definition) is 5. The van der Waals surface area contributed by atoms with Gasteiger partial charge in [0.05, 0.1) is 18.8 Å². The molecule has 1 aromatic rings. The quantitative estimate of drug-likeness (QED) is 0.924. The molecule has 5 nitrogen and oxygen atoms in total. The summed E-state index contributed by atoms with van der Waals surface area (Å²) in [6.07, 6.45) is 0. The van der Waals surface area contributed by atoms with Crippen LogP contribution >= 0.6 is 0 Å². The Morgan fingerprint density at radius 1 is 1.29 bits per heavy atom. The van der Waals surface area contributed by atoms with Crippen LogP contribution in [0.25, 0.3) is 0 Å². The van der Waals surface area contributed by atoms with Crippen LogP contribution in [0.15, 0.2) is 12.1 Å². The van der Waals surface area contributed by atoms with Crippen molar-refractivity contribution in [1.29, 1.82) is 0 Å². The number of morpholine rings is 1. The van der Waals surface area contributed by atoms with E-state index in [0.29, 0.717) is 5.88 Å². The second-order valence-electron chi connectivity index (χ2n) is 5.54. The summed E-state index contributed by atoms with van der Waals surface area (Å²) in [6, 6.07) is 3.93. The summed E-state index contributed by atoms with van der Waals surface area (Å²) in [7, 11) is 0. The third-order valence-corrected chi connectivity index (χ3v) is 2.84. The van der Waals surface area contributed by atoms with Gasteiger partial charge in [0, 0.05) is 19.2 Å². The van der Waals surface area contributed by atoms with Gasteiger partial charge in [0.25, 0.3) is 0 Å². The molecule has 0 bridgehead atoms. The van der Waals surface area contributed by atoms with Crippen molar-refractivity contribution in [3.63, 3.8) is 0 Å². The van der Waals surface area contributed by atoms with Gasteiger partial charge in [0.1, 0.15) is 12.4 Å². The van der Waals surface area contributed by atoms with Gasteiger partial charge in [-0.1, -0.05) is 13.8 Å². The van der Waals surface area contributed by atoms with E-state index < -0.39 is 5.60 Å². The minimum atomic E-state index is -0.857. The summed E-state index contributed by atoms with van der Waals surface area (Å²) >= 11 is 0. The van der Waals surface area contributed by atoms with Crippen molar-refractivity contribution in [1.82, 2.24) is 4.98 Å². The molecule has 2 rings (SSSR count). The Hall–Kier alpha value is -1.33. The van der Waals surface area contributed by atoms with E-state index in [4.69, 9.17) is 9.47 Å². The molecule has 1 fully saturated rings. The molecule has 5 heteroatoms. The molecule has 0 radical (unpaired) electrons. The van der Waals surface area contributed by atoms with Crippen LogP contribution in [0, 0.1) is 6.92 Å². The minimum absolute atomic E-state index is 0.228. The number of nitrogens with zero attached hydrogens (tertiary/aromatic N) is 2. The zero-order chi connectivity index (χ0) is 15.9. The third kappa shape index (κ3) is 6.31. The van der Waals surface area contributed by atoms with Crippen LogP contribution in [0.1, 0.15) is 33.3 Å². The average Bonchev–Trinajstić information content (AvgIpc) is 2.47. The number of rotatable bonds is 4. The minimum Gasteiger partial charge on any atom is -0.475 e. The van der Waals surface area contributed by atoms with Crippen molar-refractivity contribution in [3.05, 3.63) is 17.7 Å². The number of pyridine rings is 1. The normalized spacial score (nSPS) is 15.2. The lowest BCUT2D eigenvalue weighted by Gasteiger charge is -2.28. The Morgan fingerprint density at radius 2 is 1.90 bits per heavy atom. The molecule has 0 aliphatic carbocycles. The van der Waals surface area contributed by atoms with Crippen molar-refractivity contribution < 1.29 is 14.6 Å². The first kappa shape index (κ1) is 17.7. The van der Waals surface area contributed by atoms with Crippen molar-refractivity contribution >= 4 is 5.82 Å². The van der Waals surface area contributed by atoms with Crippen LogP contribution in [0.2, 0.25) is 0 Å². The van der Waals surface area contributed by atoms with E-state index in [0.717, 1.165) is 37.7 Å². The lowest BCUT2D eigenvalue weighted by atomic mass is 10.2. The summed E-state index contributed by atoms with van der Waals surface area (Å²) in [6.45, 7) is 12.8. The average molecular weight is 296 g/mol. The van der Waals surface area contributed by atoms with E-state index in [1.165, 1.54) is 0 Å². The van der Waals surface area contributed by atoms with Crippen LogP contribution in [0.4, 0.5) is 5.82 Å². The number of anilines is 1. The Bertz CT molecular complexity index is 424. The second-order valence-corrected chi connectivity index (χ2v) is 5.54. The van der Waals surface area contributed by atoms with E-state index in [1.54, 1.807) is 13.8 Å². The Labute approximate surface area is 127 Å². The summed E-state index contributed by atoms with van der Waals surface area (Å²) in [5.41, 5.74) is 0.243. The fraction of sp³-hybridized carbons (Fsp3) is 0.688. The van der Waals surface area contributed by atoms with Gasteiger partial charge >= 0.3 is 0 Å². The maximum absolute atomic E-state index is 9.69. The van der Waals surface area contributed by atoms with Crippen LogP contribution < -0.4 is 9.64 Å². The number of aromatic nitrogens is 1. The van der Waals surface area contributed by atoms with Crippen LogP contribution in [-0.4, -0.2) is 48.6 Å². The van der Waals surface area contributed by atoms with Gasteiger partial charge in [-0.05, 0) is 32.4 Å². The number of aliphatic hydroxyl groups is 1. The number of ether oxygens (including phenoxy) is 2. The predicted molar refractivity (Wildman–Crippen MR) is 85.1 cm³/mol. The van der Waals surface area contributed by atoms with Crippen molar-refractivity contribution in [2.75, 3.05) is 37.8 Å². The molecular weight excluding hydrogens is 268 g/mol. The highest BCUT2D eigenvalue weighted by Crippen LogP contribution is 2.20. The molecule has 1 aliphatic rings. The van der Waals surface area contributed by atoms with E-state index in [2.05, 4.69) is 9.88 Å². The first-order valence-corrected chi connectivity index (χ1v) is 7.61. The first-order valence-electron chi connectivity index (χ1n) is 7.61. The predicted octanol–water partition coefficient (Wildman–Crippen LogP) is 2.40. The molecule has 0 atom stereocenters. The molecule has 2 heterocycles. The fourth-order valence-electron chi connectivity index (χ4n) is 1.90. The van der Waals surface area contributed by atoms with Crippen LogP contribution in [-0.2, 0) is 4.74 Å². The summed E-state index contributed by atoms with van der Waals surface area (Å²) < 4.78 is 10.9. The molecule has 1 N–H and O–H groups in total. The lowest BCUT2D eigenvalue weighted by Crippen LogP contribution is -2.36. The summed E-state index contributed by atoms with van der Waals surface area (Å²) in [5.74, 6) is 1.47. The largest absolute Gasteiger partial charge is 0.475 e. The second kappa shape index (κ2) is 8.20. The standard InChI is InChI=1S/C14H22N2O3.C2H6/c1-11-8-12(16-4-6-18-7-5-16)15-13(9-11)19-10-14(2,3)17;1-2/h8-9,17H,4-7,10H2,1-3H3;1-2H3. The summed E-state index contributed by atoms with van der Waals surface area (Å²) in [4.78, 5) is 6.69. The van der Waals surface area contributed by atoms with Crippen LogP contribution in [0.5, 0.6) is 5.88 Å². The summed E-state index contributed by atoms with van der Waals surface area (Å²) in [5, 5.41) is 9.69. The zero-order valence-corrected chi connectivity index (χ0v) is 13.8. The number of aryl methyl sites for hydroxylation is 1. The van der Waals surface area contributed by atoms with Gasteiger partial charge < -0.3 is 19.5 Å². The van der Waals surface area contributed by atoms with E-state index >= 15 is 0 Å². The molecule has 1 aromatic heterocycles. The maximum atomic E-state index is 9.69. The molecule has 1 saturated heterocycles. The topological polar surface area (TPSA) is 54.8 Å². The Morgan fingerprint density at radius 3 is 2.48 bits per heavy atom. The molecule has 0 amide bonds. The van der Waals surface area contributed by atoms with E-state index in [-0.39, 0.29) is 6.61 Å². The zero-order valence-electron chi connectivity index (χ0n) is 13.8. The van der Waals surface area contributed by atoms with Gasteiger partial charge in [-0.25, -0.2) is 0 Å². The highest BCUT2D eigenvalue weighted by molar-refractivity contribution is 5.44.